The Morgan fingerprint density at radius 1 is 1.32 bits per heavy atom. The van der Waals surface area contributed by atoms with Gasteiger partial charge in [-0.2, -0.15) is 5.26 Å². The highest BCUT2D eigenvalue weighted by Gasteiger charge is 2.31. The fourth-order valence-electron chi connectivity index (χ4n) is 4.17. The number of thiophene rings is 1. The third-order valence-electron chi connectivity index (χ3n) is 5.73. The predicted octanol–water partition coefficient (Wildman–Crippen LogP) is 3.62. The summed E-state index contributed by atoms with van der Waals surface area (Å²) in [7, 11) is 0. The lowest BCUT2D eigenvalue weighted by Gasteiger charge is -2.22. The van der Waals surface area contributed by atoms with Gasteiger partial charge in [-0.25, -0.2) is 4.98 Å². The van der Waals surface area contributed by atoms with E-state index in [1.165, 1.54) is 16.9 Å². The molecule has 0 aromatic carbocycles. The monoisotopic (exact) mass is 394 g/mol. The van der Waals surface area contributed by atoms with E-state index in [0.717, 1.165) is 48.1 Å². The number of aryl methyl sites for hydroxylation is 2. The average Bonchev–Trinajstić information content (AvgIpc) is 3.29. The van der Waals surface area contributed by atoms with Crippen LogP contribution in [0.5, 0.6) is 0 Å². The van der Waals surface area contributed by atoms with Gasteiger partial charge in [0.2, 0.25) is 0 Å². The van der Waals surface area contributed by atoms with Crippen molar-refractivity contribution >= 4 is 21.6 Å². The molecule has 28 heavy (non-hydrogen) atoms. The smallest absolute Gasteiger partial charge is 0.263 e. The average molecular weight is 395 g/mol. The van der Waals surface area contributed by atoms with Gasteiger partial charge in [0.15, 0.2) is 0 Å². The summed E-state index contributed by atoms with van der Waals surface area (Å²) in [5.74, 6) is 1.60. The van der Waals surface area contributed by atoms with E-state index in [9.17, 15) is 10.1 Å². The Balaban J connectivity index is 1.56. The van der Waals surface area contributed by atoms with Crippen LogP contribution in [0.3, 0.4) is 0 Å². The molecular weight excluding hydrogens is 372 g/mol. The third-order valence-corrected chi connectivity index (χ3v) is 6.92. The first-order chi connectivity index (χ1) is 13.7. The van der Waals surface area contributed by atoms with E-state index in [1.807, 2.05) is 12.1 Å². The molecule has 1 fully saturated rings. The number of aromatic nitrogens is 2. The SMILES string of the molecule is N#CCn1c(CN(Cc2ccco2)C2CC2)nc2sc3c(c2c1=O)CCCC3. The molecule has 2 aliphatic carbocycles. The molecule has 3 aromatic rings. The van der Waals surface area contributed by atoms with Crippen LogP contribution >= 0.6 is 11.3 Å². The number of nitrogens with zero attached hydrogens (tertiary/aromatic N) is 4. The first kappa shape index (κ1) is 17.7. The fraction of sp³-hybridized carbons (Fsp3) is 0.476. The van der Waals surface area contributed by atoms with Crippen molar-refractivity contribution in [3.8, 4) is 6.07 Å². The van der Waals surface area contributed by atoms with Crippen molar-refractivity contribution in [1.29, 1.82) is 5.26 Å². The minimum Gasteiger partial charge on any atom is -0.468 e. The predicted molar refractivity (Wildman–Crippen MR) is 107 cm³/mol. The lowest BCUT2D eigenvalue weighted by atomic mass is 9.97. The summed E-state index contributed by atoms with van der Waals surface area (Å²) in [6.45, 7) is 1.29. The highest BCUT2D eigenvalue weighted by Crippen LogP contribution is 2.34. The molecule has 7 heteroatoms. The second-order valence-corrected chi connectivity index (χ2v) is 8.77. The number of furan rings is 1. The van der Waals surface area contributed by atoms with E-state index < -0.39 is 0 Å². The van der Waals surface area contributed by atoms with Gasteiger partial charge in [-0.15, -0.1) is 11.3 Å². The summed E-state index contributed by atoms with van der Waals surface area (Å²) in [5, 5.41) is 10.1. The Labute approximate surface area is 167 Å². The molecule has 0 aliphatic heterocycles. The summed E-state index contributed by atoms with van der Waals surface area (Å²) >= 11 is 1.67. The standard InChI is InChI=1S/C21H22N4O2S/c22-9-10-25-18(13-24(14-7-8-14)12-15-4-3-11-27-15)23-20-19(21(25)26)16-5-1-2-6-17(16)28-20/h3-4,11,14H,1-2,5-8,10,12-13H2. The van der Waals surface area contributed by atoms with Crippen LogP contribution in [0.15, 0.2) is 27.6 Å². The third kappa shape index (κ3) is 3.17. The van der Waals surface area contributed by atoms with Crippen LogP contribution in [0.2, 0.25) is 0 Å². The Hall–Kier alpha value is -2.43. The maximum atomic E-state index is 13.3. The van der Waals surface area contributed by atoms with E-state index in [4.69, 9.17) is 9.40 Å². The molecule has 144 valence electrons. The van der Waals surface area contributed by atoms with Crippen molar-refractivity contribution in [2.24, 2.45) is 0 Å². The summed E-state index contributed by atoms with van der Waals surface area (Å²) in [6.07, 6.45) is 8.28. The Kier molecular flexibility index (Phi) is 4.53. The molecule has 6 nitrogen and oxygen atoms in total. The Morgan fingerprint density at radius 2 is 2.18 bits per heavy atom. The van der Waals surface area contributed by atoms with E-state index in [2.05, 4.69) is 11.0 Å². The number of nitriles is 1. The van der Waals surface area contributed by atoms with Crippen molar-refractivity contribution in [3.05, 3.63) is 50.8 Å². The van der Waals surface area contributed by atoms with Crippen LogP contribution in [0.25, 0.3) is 10.2 Å². The molecule has 0 saturated heterocycles. The van der Waals surface area contributed by atoms with Gasteiger partial charge in [0.05, 0.1) is 30.8 Å². The summed E-state index contributed by atoms with van der Waals surface area (Å²) < 4.78 is 7.11. The van der Waals surface area contributed by atoms with Gasteiger partial charge < -0.3 is 4.42 Å². The van der Waals surface area contributed by atoms with Crippen molar-refractivity contribution < 1.29 is 4.42 Å². The van der Waals surface area contributed by atoms with Gasteiger partial charge in [0.1, 0.15) is 23.0 Å². The topological polar surface area (TPSA) is 75.1 Å². The van der Waals surface area contributed by atoms with Crippen molar-refractivity contribution in [3.63, 3.8) is 0 Å². The molecule has 1 saturated carbocycles. The zero-order chi connectivity index (χ0) is 19.1. The van der Waals surface area contributed by atoms with Crippen molar-refractivity contribution in [1.82, 2.24) is 14.5 Å². The van der Waals surface area contributed by atoms with Crippen LogP contribution in [-0.4, -0.2) is 20.5 Å². The van der Waals surface area contributed by atoms with Gasteiger partial charge >= 0.3 is 0 Å². The molecule has 0 unspecified atom stereocenters. The van der Waals surface area contributed by atoms with Crippen molar-refractivity contribution in [2.75, 3.05) is 0 Å². The summed E-state index contributed by atoms with van der Waals surface area (Å²) in [6, 6.07) is 6.51. The quantitative estimate of drug-likeness (QED) is 0.638. The molecule has 5 rings (SSSR count). The van der Waals surface area contributed by atoms with Crippen LogP contribution in [0.1, 0.15) is 47.7 Å². The molecule has 0 bridgehead atoms. The fourth-order valence-corrected chi connectivity index (χ4v) is 5.44. The Bertz CT molecular complexity index is 1100. The molecule has 3 heterocycles. The second kappa shape index (κ2) is 7.19. The number of hydrogen-bond acceptors (Lipinski definition) is 6. The first-order valence-electron chi connectivity index (χ1n) is 9.92. The van der Waals surface area contributed by atoms with Crippen LogP contribution in [-0.2, 0) is 32.5 Å². The van der Waals surface area contributed by atoms with Gasteiger partial charge in [-0.05, 0) is 56.2 Å². The maximum absolute atomic E-state index is 13.3. The first-order valence-corrected chi connectivity index (χ1v) is 10.7. The Morgan fingerprint density at radius 3 is 2.93 bits per heavy atom. The van der Waals surface area contributed by atoms with Crippen LogP contribution < -0.4 is 5.56 Å². The van der Waals surface area contributed by atoms with Gasteiger partial charge in [0.25, 0.3) is 5.56 Å². The molecular formula is C21H22N4O2S. The molecule has 0 atom stereocenters. The van der Waals surface area contributed by atoms with Gasteiger partial charge in [0, 0.05) is 10.9 Å². The highest BCUT2D eigenvalue weighted by molar-refractivity contribution is 7.18. The largest absolute Gasteiger partial charge is 0.468 e. The molecule has 0 N–H and O–H groups in total. The molecule has 2 aliphatic rings. The lowest BCUT2D eigenvalue weighted by Crippen LogP contribution is -2.32. The van der Waals surface area contributed by atoms with E-state index in [1.54, 1.807) is 22.2 Å². The summed E-state index contributed by atoms with van der Waals surface area (Å²) in [4.78, 5) is 22.7. The van der Waals surface area contributed by atoms with Crippen molar-refractivity contribution in [2.45, 2.75) is 64.2 Å². The number of hydrogen-bond donors (Lipinski definition) is 0. The minimum atomic E-state index is -0.0466. The number of rotatable bonds is 6. The zero-order valence-electron chi connectivity index (χ0n) is 15.7. The zero-order valence-corrected chi connectivity index (χ0v) is 16.5. The van der Waals surface area contributed by atoms with E-state index in [0.29, 0.717) is 25.0 Å². The maximum Gasteiger partial charge on any atom is 0.263 e. The minimum absolute atomic E-state index is 0.0426. The van der Waals surface area contributed by atoms with Gasteiger partial charge in [-0.1, -0.05) is 0 Å². The summed E-state index contributed by atoms with van der Waals surface area (Å²) in [5.41, 5.74) is 1.13. The van der Waals surface area contributed by atoms with Crippen LogP contribution in [0, 0.1) is 11.3 Å². The molecule has 0 radical (unpaired) electrons. The number of fused-ring (bicyclic) bond motifs is 3. The van der Waals surface area contributed by atoms with E-state index in [-0.39, 0.29) is 12.1 Å². The molecule has 0 amide bonds. The van der Waals surface area contributed by atoms with Crippen LogP contribution in [0.4, 0.5) is 0 Å². The molecule has 3 aromatic heterocycles. The molecule has 0 spiro atoms. The second-order valence-electron chi connectivity index (χ2n) is 7.68. The van der Waals surface area contributed by atoms with Gasteiger partial charge in [-0.3, -0.25) is 14.3 Å². The highest BCUT2D eigenvalue weighted by atomic mass is 32.1. The normalized spacial score (nSPS) is 16.4. The van der Waals surface area contributed by atoms with E-state index >= 15 is 0 Å². The lowest BCUT2D eigenvalue weighted by molar-refractivity contribution is 0.216.